The van der Waals surface area contributed by atoms with Crippen LogP contribution in [0.25, 0.3) is 0 Å². The number of nitrogens with one attached hydrogen (secondary N) is 1. The Morgan fingerprint density at radius 1 is 1.25 bits per heavy atom. The SMILES string of the molecule is O=C1CNC(=O)N1CCN1CCC2(O)CCCCC2C1. The monoisotopic (exact) mass is 281 g/mol. The van der Waals surface area contributed by atoms with Crippen LogP contribution in [0.2, 0.25) is 0 Å². The van der Waals surface area contributed by atoms with Gasteiger partial charge in [0.05, 0.1) is 12.1 Å². The summed E-state index contributed by atoms with van der Waals surface area (Å²) in [6, 6.07) is -0.277. The van der Waals surface area contributed by atoms with Crippen LogP contribution in [-0.2, 0) is 4.79 Å². The van der Waals surface area contributed by atoms with Gasteiger partial charge in [0, 0.05) is 32.1 Å². The molecule has 3 fully saturated rings. The number of urea groups is 1. The first-order valence-corrected chi connectivity index (χ1v) is 7.61. The molecule has 0 aromatic heterocycles. The summed E-state index contributed by atoms with van der Waals surface area (Å²) in [7, 11) is 0. The predicted molar refractivity (Wildman–Crippen MR) is 73.1 cm³/mol. The number of carbonyl (C=O) groups excluding carboxylic acids is 2. The van der Waals surface area contributed by atoms with E-state index in [2.05, 4.69) is 10.2 Å². The zero-order valence-electron chi connectivity index (χ0n) is 11.8. The van der Waals surface area contributed by atoms with Gasteiger partial charge in [0.1, 0.15) is 0 Å². The van der Waals surface area contributed by atoms with Crippen molar-refractivity contribution >= 4 is 11.9 Å². The van der Waals surface area contributed by atoms with E-state index in [1.807, 2.05) is 0 Å². The normalized spacial score (nSPS) is 35.0. The number of amides is 3. The molecule has 3 rings (SSSR count). The molecular formula is C14H23N3O3. The minimum absolute atomic E-state index is 0.126. The summed E-state index contributed by atoms with van der Waals surface area (Å²) in [6.45, 7) is 3.04. The highest BCUT2D eigenvalue weighted by Gasteiger charge is 2.42. The van der Waals surface area contributed by atoms with E-state index in [1.165, 1.54) is 11.3 Å². The number of likely N-dealkylation sites (tertiary alicyclic amines) is 1. The van der Waals surface area contributed by atoms with Crippen molar-refractivity contribution in [3.05, 3.63) is 0 Å². The summed E-state index contributed by atoms with van der Waals surface area (Å²) in [5.41, 5.74) is -0.463. The maximum Gasteiger partial charge on any atom is 0.324 e. The minimum Gasteiger partial charge on any atom is -0.390 e. The topological polar surface area (TPSA) is 72.9 Å². The summed E-state index contributed by atoms with van der Waals surface area (Å²) in [5.74, 6) is 0.217. The van der Waals surface area contributed by atoms with E-state index in [0.717, 1.165) is 38.8 Å². The third-order valence-corrected chi connectivity index (χ3v) is 5.09. The second kappa shape index (κ2) is 5.33. The molecule has 20 heavy (non-hydrogen) atoms. The quantitative estimate of drug-likeness (QED) is 0.723. The van der Waals surface area contributed by atoms with E-state index >= 15 is 0 Å². The average Bonchev–Trinajstić information content (AvgIpc) is 2.75. The highest BCUT2D eigenvalue weighted by Crippen LogP contribution is 2.39. The molecule has 112 valence electrons. The lowest BCUT2D eigenvalue weighted by Crippen LogP contribution is -2.54. The number of hydrogen-bond donors (Lipinski definition) is 2. The van der Waals surface area contributed by atoms with Gasteiger partial charge in [-0.25, -0.2) is 4.79 Å². The van der Waals surface area contributed by atoms with Gasteiger partial charge in [-0.15, -0.1) is 0 Å². The van der Waals surface area contributed by atoms with Gasteiger partial charge in [0.15, 0.2) is 0 Å². The first-order chi connectivity index (χ1) is 9.58. The van der Waals surface area contributed by atoms with Crippen LogP contribution in [0.4, 0.5) is 4.79 Å². The molecular weight excluding hydrogens is 258 g/mol. The lowest BCUT2D eigenvalue weighted by Gasteiger charge is -2.47. The summed E-state index contributed by atoms with van der Waals surface area (Å²) < 4.78 is 0. The molecule has 0 aromatic carbocycles. The highest BCUT2D eigenvalue weighted by atomic mass is 16.3. The van der Waals surface area contributed by atoms with Crippen LogP contribution in [0.3, 0.4) is 0 Å². The number of imide groups is 1. The summed E-state index contributed by atoms with van der Waals surface area (Å²) >= 11 is 0. The Morgan fingerprint density at radius 3 is 2.85 bits per heavy atom. The van der Waals surface area contributed by atoms with E-state index in [-0.39, 0.29) is 18.5 Å². The standard InChI is InChI=1S/C14H23N3O3/c18-12-9-15-13(19)17(12)8-7-16-6-5-14(20)4-2-1-3-11(14)10-16/h11,20H,1-10H2,(H,15,19). The van der Waals surface area contributed by atoms with E-state index in [1.54, 1.807) is 0 Å². The molecule has 2 aliphatic heterocycles. The Morgan fingerprint density at radius 2 is 2.10 bits per heavy atom. The second-order valence-corrected chi connectivity index (χ2v) is 6.30. The van der Waals surface area contributed by atoms with Crippen LogP contribution >= 0.6 is 0 Å². The van der Waals surface area contributed by atoms with Gasteiger partial charge in [-0.2, -0.15) is 0 Å². The number of hydrogen-bond acceptors (Lipinski definition) is 4. The first-order valence-electron chi connectivity index (χ1n) is 7.61. The average molecular weight is 281 g/mol. The highest BCUT2D eigenvalue weighted by molar-refractivity contribution is 6.01. The van der Waals surface area contributed by atoms with Crippen molar-refractivity contribution < 1.29 is 14.7 Å². The first kappa shape index (κ1) is 13.8. The molecule has 2 heterocycles. The molecule has 0 spiro atoms. The van der Waals surface area contributed by atoms with Crippen LogP contribution in [0, 0.1) is 5.92 Å². The Balaban J connectivity index is 1.52. The number of carbonyl (C=O) groups is 2. The Kier molecular flexibility index (Phi) is 3.69. The van der Waals surface area contributed by atoms with Crippen molar-refractivity contribution in [1.29, 1.82) is 0 Å². The molecule has 3 amide bonds. The van der Waals surface area contributed by atoms with E-state index < -0.39 is 5.60 Å². The minimum atomic E-state index is -0.463. The number of nitrogens with zero attached hydrogens (tertiary/aromatic N) is 2. The molecule has 0 bridgehead atoms. The van der Waals surface area contributed by atoms with Gasteiger partial charge >= 0.3 is 6.03 Å². The Bertz CT molecular complexity index is 398. The van der Waals surface area contributed by atoms with Crippen LogP contribution in [0.5, 0.6) is 0 Å². The lowest BCUT2D eigenvalue weighted by atomic mass is 9.71. The Labute approximate surface area is 119 Å². The second-order valence-electron chi connectivity index (χ2n) is 6.30. The molecule has 6 heteroatoms. The van der Waals surface area contributed by atoms with Gasteiger partial charge in [-0.3, -0.25) is 9.69 Å². The zero-order valence-corrected chi connectivity index (χ0v) is 11.8. The number of fused-ring (bicyclic) bond motifs is 1. The maximum atomic E-state index is 11.5. The summed E-state index contributed by atoms with van der Waals surface area (Å²) in [6.07, 6.45) is 5.18. The third-order valence-electron chi connectivity index (χ3n) is 5.09. The van der Waals surface area contributed by atoms with Crippen molar-refractivity contribution in [2.75, 3.05) is 32.7 Å². The maximum absolute atomic E-state index is 11.5. The van der Waals surface area contributed by atoms with Gasteiger partial charge < -0.3 is 15.3 Å². The summed E-state index contributed by atoms with van der Waals surface area (Å²) in [4.78, 5) is 26.6. The molecule has 2 unspecified atom stereocenters. The van der Waals surface area contributed by atoms with E-state index in [4.69, 9.17) is 0 Å². The number of piperidine rings is 1. The van der Waals surface area contributed by atoms with Crippen molar-refractivity contribution in [3.8, 4) is 0 Å². The van der Waals surface area contributed by atoms with Gasteiger partial charge in [-0.1, -0.05) is 12.8 Å². The van der Waals surface area contributed by atoms with Gasteiger partial charge in [0.2, 0.25) is 5.91 Å². The molecule has 2 saturated heterocycles. The molecule has 1 aliphatic carbocycles. The zero-order chi connectivity index (χ0) is 14.2. The van der Waals surface area contributed by atoms with Gasteiger partial charge in [0.25, 0.3) is 0 Å². The van der Waals surface area contributed by atoms with Crippen molar-refractivity contribution in [1.82, 2.24) is 15.1 Å². The molecule has 0 aromatic rings. The molecule has 2 atom stereocenters. The fourth-order valence-electron chi connectivity index (χ4n) is 3.77. The van der Waals surface area contributed by atoms with Crippen molar-refractivity contribution in [3.63, 3.8) is 0 Å². The molecule has 0 radical (unpaired) electrons. The summed E-state index contributed by atoms with van der Waals surface area (Å²) in [5, 5.41) is 13.2. The van der Waals surface area contributed by atoms with E-state index in [9.17, 15) is 14.7 Å². The molecule has 6 nitrogen and oxygen atoms in total. The largest absolute Gasteiger partial charge is 0.390 e. The van der Waals surface area contributed by atoms with Gasteiger partial charge in [-0.05, 0) is 19.3 Å². The third kappa shape index (κ3) is 2.54. The van der Waals surface area contributed by atoms with Crippen LogP contribution < -0.4 is 5.32 Å². The van der Waals surface area contributed by atoms with E-state index in [0.29, 0.717) is 19.0 Å². The Hall–Kier alpha value is -1.14. The fourth-order valence-corrected chi connectivity index (χ4v) is 3.77. The number of rotatable bonds is 3. The van der Waals surface area contributed by atoms with Crippen LogP contribution in [0.1, 0.15) is 32.1 Å². The molecule has 3 aliphatic rings. The van der Waals surface area contributed by atoms with Crippen LogP contribution in [0.15, 0.2) is 0 Å². The predicted octanol–water partition coefficient (Wildman–Crippen LogP) is 0.165. The molecule has 2 N–H and O–H groups in total. The molecule has 1 saturated carbocycles. The number of aliphatic hydroxyl groups is 1. The fraction of sp³-hybridized carbons (Fsp3) is 0.857. The van der Waals surface area contributed by atoms with Crippen molar-refractivity contribution in [2.24, 2.45) is 5.92 Å². The smallest absolute Gasteiger partial charge is 0.324 e. The lowest BCUT2D eigenvalue weighted by molar-refractivity contribution is -0.125. The van der Waals surface area contributed by atoms with Crippen LogP contribution in [-0.4, -0.2) is 65.2 Å². The van der Waals surface area contributed by atoms with Crippen molar-refractivity contribution in [2.45, 2.75) is 37.7 Å².